The zero-order chi connectivity index (χ0) is 18.4. The molecule has 1 aromatic carbocycles. The van der Waals surface area contributed by atoms with Crippen molar-refractivity contribution in [2.45, 2.75) is 13.1 Å². The maximum absolute atomic E-state index is 12.8. The van der Waals surface area contributed by atoms with Crippen LogP contribution in [0.1, 0.15) is 11.4 Å². The lowest BCUT2D eigenvalue weighted by atomic mass is 10.3. The van der Waals surface area contributed by atoms with Gasteiger partial charge >= 0.3 is 6.03 Å². The van der Waals surface area contributed by atoms with E-state index in [1.807, 2.05) is 36.4 Å². The number of rotatable bonds is 5. The molecule has 0 aliphatic heterocycles. The molecule has 0 aliphatic rings. The first-order valence-corrected chi connectivity index (χ1v) is 8.68. The number of nitrogens with one attached hydrogen (secondary N) is 1. The van der Waals surface area contributed by atoms with Crippen molar-refractivity contribution in [2.75, 3.05) is 5.32 Å². The molecule has 3 rings (SSSR count). The standard InChI is InChI=1S/C19H16Cl2N4O/c20-14-7-8-18(17(21)11-14)24-19(26)25(12-15-5-1-3-9-22-15)13-16-6-2-4-10-23-16/h1-11H,12-13H2,(H,24,26). The molecule has 0 spiro atoms. The van der Waals surface area contributed by atoms with Crippen LogP contribution in [0.2, 0.25) is 10.0 Å². The summed E-state index contributed by atoms with van der Waals surface area (Å²) in [7, 11) is 0. The Balaban J connectivity index is 1.80. The highest BCUT2D eigenvalue weighted by Gasteiger charge is 2.17. The average Bonchev–Trinajstić information content (AvgIpc) is 2.65. The van der Waals surface area contributed by atoms with Crippen LogP contribution < -0.4 is 5.32 Å². The summed E-state index contributed by atoms with van der Waals surface area (Å²) in [5.41, 5.74) is 2.05. The van der Waals surface area contributed by atoms with Gasteiger partial charge in [0.25, 0.3) is 0 Å². The molecule has 1 N–H and O–H groups in total. The summed E-state index contributed by atoms with van der Waals surface area (Å²) in [6.07, 6.45) is 3.39. The molecule has 132 valence electrons. The second-order valence-electron chi connectivity index (χ2n) is 5.55. The van der Waals surface area contributed by atoms with E-state index in [1.165, 1.54) is 0 Å². The number of halogens is 2. The Morgan fingerprint density at radius 1 is 0.923 bits per heavy atom. The lowest BCUT2D eigenvalue weighted by molar-refractivity contribution is 0.205. The normalized spacial score (nSPS) is 10.4. The topological polar surface area (TPSA) is 58.1 Å². The quantitative estimate of drug-likeness (QED) is 0.669. The number of carbonyl (C=O) groups is 1. The SMILES string of the molecule is O=C(Nc1ccc(Cl)cc1Cl)N(Cc1ccccn1)Cc1ccccn1. The number of nitrogens with zero attached hydrogens (tertiary/aromatic N) is 3. The minimum Gasteiger partial charge on any atom is -0.313 e. The summed E-state index contributed by atoms with van der Waals surface area (Å²) in [4.78, 5) is 23.0. The second-order valence-corrected chi connectivity index (χ2v) is 6.40. The first-order chi connectivity index (χ1) is 12.6. The minimum absolute atomic E-state index is 0.300. The lowest BCUT2D eigenvalue weighted by Gasteiger charge is -2.23. The molecule has 3 aromatic rings. The Labute approximate surface area is 161 Å². The van der Waals surface area contributed by atoms with Crippen molar-refractivity contribution in [3.63, 3.8) is 0 Å². The molecule has 5 nitrogen and oxygen atoms in total. The van der Waals surface area contributed by atoms with Gasteiger partial charge < -0.3 is 10.2 Å². The predicted octanol–water partition coefficient (Wildman–Crippen LogP) is 5.02. The molecule has 0 fully saturated rings. The van der Waals surface area contributed by atoms with Gasteiger partial charge in [-0.1, -0.05) is 35.3 Å². The molecule has 2 aromatic heterocycles. The van der Waals surface area contributed by atoms with Crippen molar-refractivity contribution < 1.29 is 4.79 Å². The van der Waals surface area contributed by atoms with Crippen LogP contribution in [-0.4, -0.2) is 20.9 Å². The van der Waals surface area contributed by atoms with Crippen molar-refractivity contribution in [1.82, 2.24) is 14.9 Å². The molecular formula is C19H16Cl2N4O. The van der Waals surface area contributed by atoms with Crippen LogP contribution >= 0.6 is 23.2 Å². The molecule has 26 heavy (non-hydrogen) atoms. The van der Waals surface area contributed by atoms with Crippen LogP contribution in [0.25, 0.3) is 0 Å². The van der Waals surface area contributed by atoms with Gasteiger partial charge in [0.1, 0.15) is 0 Å². The molecular weight excluding hydrogens is 371 g/mol. The highest BCUT2D eigenvalue weighted by molar-refractivity contribution is 6.36. The summed E-state index contributed by atoms with van der Waals surface area (Å²) in [5.74, 6) is 0. The first kappa shape index (κ1) is 18.2. The highest BCUT2D eigenvalue weighted by atomic mass is 35.5. The maximum atomic E-state index is 12.8. The number of aromatic nitrogens is 2. The van der Waals surface area contributed by atoms with Gasteiger partial charge in [0.15, 0.2) is 0 Å². The van der Waals surface area contributed by atoms with Gasteiger partial charge in [-0.15, -0.1) is 0 Å². The molecule has 0 saturated heterocycles. The molecule has 2 amide bonds. The van der Waals surface area contributed by atoms with Gasteiger partial charge in [-0.05, 0) is 42.5 Å². The number of urea groups is 1. The van der Waals surface area contributed by atoms with Gasteiger partial charge in [0, 0.05) is 17.4 Å². The molecule has 0 saturated carbocycles. The molecule has 2 heterocycles. The number of hydrogen-bond acceptors (Lipinski definition) is 3. The summed E-state index contributed by atoms with van der Waals surface area (Å²) >= 11 is 12.1. The number of anilines is 1. The van der Waals surface area contributed by atoms with E-state index in [4.69, 9.17) is 23.2 Å². The van der Waals surface area contributed by atoms with Gasteiger partial charge in [0.05, 0.1) is 35.2 Å². The van der Waals surface area contributed by atoms with E-state index in [0.29, 0.717) is 28.8 Å². The summed E-state index contributed by atoms with van der Waals surface area (Å²) in [6, 6.07) is 15.8. The second kappa shape index (κ2) is 8.65. The fourth-order valence-electron chi connectivity index (χ4n) is 2.36. The predicted molar refractivity (Wildman–Crippen MR) is 103 cm³/mol. The van der Waals surface area contributed by atoms with Crippen LogP contribution in [0.3, 0.4) is 0 Å². The van der Waals surface area contributed by atoms with Crippen molar-refractivity contribution >= 4 is 34.9 Å². The van der Waals surface area contributed by atoms with Crippen molar-refractivity contribution in [3.05, 3.63) is 88.4 Å². The summed E-state index contributed by atoms with van der Waals surface area (Å²) < 4.78 is 0. The zero-order valence-electron chi connectivity index (χ0n) is 13.8. The Morgan fingerprint density at radius 2 is 1.54 bits per heavy atom. The fourth-order valence-corrected chi connectivity index (χ4v) is 2.81. The molecule has 0 unspecified atom stereocenters. The van der Waals surface area contributed by atoms with Crippen LogP contribution in [0, 0.1) is 0 Å². The van der Waals surface area contributed by atoms with E-state index in [0.717, 1.165) is 11.4 Å². The molecule has 0 bridgehead atoms. The number of pyridine rings is 2. The van der Waals surface area contributed by atoms with E-state index in [9.17, 15) is 4.79 Å². The van der Waals surface area contributed by atoms with Crippen LogP contribution in [0.15, 0.2) is 67.0 Å². The number of hydrogen-bond donors (Lipinski definition) is 1. The smallest absolute Gasteiger partial charge is 0.313 e. The third kappa shape index (κ3) is 4.94. The molecule has 0 aliphatic carbocycles. The molecule has 0 radical (unpaired) electrons. The van der Waals surface area contributed by atoms with Crippen molar-refractivity contribution in [3.8, 4) is 0 Å². The van der Waals surface area contributed by atoms with Gasteiger partial charge in [-0.3, -0.25) is 9.97 Å². The average molecular weight is 387 g/mol. The maximum Gasteiger partial charge on any atom is 0.322 e. The van der Waals surface area contributed by atoms with Gasteiger partial charge in [-0.25, -0.2) is 4.79 Å². The van der Waals surface area contributed by atoms with Gasteiger partial charge in [0.2, 0.25) is 0 Å². The van der Waals surface area contributed by atoms with Gasteiger partial charge in [-0.2, -0.15) is 0 Å². The van der Waals surface area contributed by atoms with Crippen molar-refractivity contribution in [2.24, 2.45) is 0 Å². The molecule has 7 heteroatoms. The van der Waals surface area contributed by atoms with Crippen LogP contribution in [-0.2, 0) is 13.1 Å². The van der Waals surface area contributed by atoms with E-state index in [1.54, 1.807) is 35.5 Å². The number of amides is 2. The zero-order valence-corrected chi connectivity index (χ0v) is 15.3. The Kier molecular flexibility index (Phi) is 6.04. The van der Waals surface area contributed by atoms with Crippen LogP contribution in [0.5, 0.6) is 0 Å². The summed E-state index contributed by atoms with van der Waals surface area (Å²) in [6.45, 7) is 0.683. The molecule has 0 atom stereocenters. The number of benzene rings is 1. The monoisotopic (exact) mass is 386 g/mol. The Bertz CT molecular complexity index is 834. The summed E-state index contributed by atoms with van der Waals surface area (Å²) in [5, 5.41) is 3.70. The van der Waals surface area contributed by atoms with E-state index in [2.05, 4.69) is 15.3 Å². The van der Waals surface area contributed by atoms with Crippen LogP contribution in [0.4, 0.5) is 10.5 Å². The fraction of sp³-hybridized carbons (Fsp3) is 0.105. The van der Waals surface area contributed by atoms with E-state index < -0.39 is 0 Å². The largest absolute Gasteiger partial charge is 0.322 e. The Morgan fingerprint density at radius 3 is 2.04 bits per heavy atom. The van der Waals surface area contributed by atoms with Crippen molar-refractivity contribution in [1.29, 1.82) is 0 Å². The highest BCUT2D eigenvalue weighted by Crippen LogP contribution is 2.25. The number of carbonyl (C=O) groups excluding carboxylic acids is 1. The first-order valence-electron chi connectivity index (χ1n) is 7.92. The third-order valence-corrected chi connectivity index (χ3v) is 4.17. The Hall–Kier alpha value is -2.63. The minimum atomic E-state index is -0.300. The lowest BCUT2D eigenvalue weighted by Crippen LogP contribution is -2.34. The third-order valence-electron chi connectivity index (χ3n) is 3.62. The van der Waals surface area contributed by atoms with E-state index in [-0.39, 0.29) is 6.03 Å². The van der Waals surface area contributed by atoms with E-state index >= 15 is 0 Å².